The number of nitrogen functional groups attached to an aromatic ring is 1. The molecule has 0 aliphatic heterocycles. The first-order valence-electron chi connectivity index (χ1n) is 3.33. The van der Waals surface area contributed by atoms with E-state index in [1.54, 1.807) is 0 Å². The van der Waals surface area contributed by atoms with Gasteiger partial charge in [0.2, 0.25) is 0 Å². The van der Waals surface area contributed by atoms with Gasteiger partial charge in [0.05, 0.1) is 5.03 Å². The maximum Gasteiger partial charge on any atom is 0.0701 e. The molecule has 1 aromatic heterocycles. The molecular weight excluding hydrogens is 156 g/mol. The van der Waals surface area contributed by atoms with Crippen LogP contribution in [0.4, 0.5) is 5.69 Å². The van der Waals surface area contributed by atoms with E-state index < -0.39 is 0 Å². The number of aromatic nitrogens is 1. The number of hydrogen-bond donors (Lipinski definition) is 3. The lowest BCUT2D eigenvalue weighted by Crippen LogP contribution is -1.81. The molecule has 0 aliphatic carbocycles. The monoisotopic (exact) mass is 164 g/mol. The Morgan fingerprint density at radius 3 is 2.91 bits per heavy atom. The Labute approximate surface area is 69.8 Å². The highest BCUT2D eigenvalue weighted by Gasteiger charge is 1.96. The largest absolute Gasteiger partial charge is 0.399 e. The zero-order valence-corrected chi connectivity index (χ0v) is 6.73. The minimum absolute atomic E-state index is 0.771. The highest BCUT2D eigenvalue weighted by Crippen LogP contribution is 2.19. The van der Waals surface area contributed by atoms with Crippen molar-refractivity contribution in [2.75, 3.05) is 5.73 Å². The molecule has 0 spiro atoms. The first kappa shape index (κ1) is 6.61. The van der Waals surface area contributed by atoms with Gasteiger partial charge in [0.1, 0.15) is 0 Å². The first-order chi connectivity index (χ1) is 5.25. The van der Waals surface area contributed by atoms with Gasteiger partial charge in [-0.1, -0.05) is 6.07 Å². The Hall–Kier alpha value is -1.09. The van der Waals surface area contributed by atoms with E-state index in [9.17, 15) is 0 Å². The van der Waals surface area contributed by atoms with Crippen molar-refractivity contribution in [3.63, 3.8) is 0 Å². The van der Waals surface area contributed by atoms with Crippen molar-refractivity contribution in [2.45, 2.75) is 5.03 Å². The minimum atomic E-state index is 0.771. The van der Waals surface area contributed by atoms with E-state index in [-0.39, 0.29) is 0 Å². The molecule has 0 bridgehead atoms. The number of aromatic amines is 1. The molecule has 0 fully saturated rings. The summed E-state index contributed by atoms with van der Waals surface area (Å²) in [6, 6.07) is 7.72. The first-order valence-corrected chi connectivity index (χ1v) is 3.77. The number of fused-ring (bicyclic) bond motifs is 1. The summed E-state index contributed by atoms with van der Waals surface area (Å²) in [6.07, 6.45) is 0. The fourth-order valence-electron chi connectivity index (χ4n) is 1.13. The number of H-pyrrole nitrogens is 1. The topological polar surface area (TPSA) is 41.8 Å². The van der Waals surface area contributed by atoms with Crippen molar-refractivity contribution >= 4 is 29.2 Å². The quantitative estimate of drug-likeness (QED) is 0.405. The smallest absolute Gasteiger partial charge is 0.0701 e. The zero-order chi connectivity index (χ0) is 7.84. The molecule has 0 radical (unpaired) electrons. The Morgan fingerprint density at radius 2 is 2.09 bits per heavy atom. The van der Waals surface area contributed by atoms with Gasteiger partial charge in [-0.3, -0.25) is 0 Å². The fourth-order valence-corrected chi connectivity index (χ4v) is 1.39. The summed E-state index contributed by atoms with van der Waals surface area (Å²) in [5, 5.41) is 2.01. The van der Waals surface area contributed by atoms with Crippen LogP contribution >= 0.6 is 12.6 Å². The molecule has 2 rings (SSSR count). The average Bonchev–Trinajstić information content (AvgIpc) is 2.27. The maximum absolute atomic E-state index is 5.59. The lowest BCUT2D eigenvalue weighted by atomic mass is 10.2. The maximum atomic E-state index is 5.59. The minimum Gasteiger partial charge on any atom is -0.399 e. The van der Waals surface area contributed by atoms with E-state index in [1.807, 2.05) is 24.3 Å². The summed E-state index contributed by atoms with van der Waals surface area (Å²) in [5.74, 6) is 0. The Kier molecular flexibility index (Phi) is 1.32. The summed E-state index contributed by atoms with van der Waals surface area (Å²) in [5.41, 5.74) is 7.40. The second-order valence-corrected chi connectivity index (χ2v) is 2.98. The number of thiol groups is 1. The van der Waals surface area contributed by atoms with Crippen molar-refractivity contribution < 1.29 is 0 Å². The van der Waals surface area contributed by atoms with Gasteiger partial charge in [-0.2, -0.15) is 0 Å². The number of nitrogens with one attached hydrogen (secondary N) is 1. The standard InChI is InChI=1S/C8H8N2S/c9-6-2-1-5-3-8(11)10-7(5)4-6/h1-4,10-11H,9H2. The van der Waals surface area contributed by atoms with E-state index >= 15 is 0 Å². The predicted molar refractivity (Wildman–Crippen MR) is 50.0 cm³/mol. The highest BCUT2D eigenvalue weighted by atomic mass is 32.1. The molecule has 2 aromatic rings. The normalized spacial score (nSPS) is 10.6. The third kappa shape index (κ3) is 1.07. The molecule has 3 heteroatoms. The van der Waals surface area contributed by atoms with E-state index in [0.29, 0.717) is 0 Å². The van der Waals surface area contributed by atoms with Crippen LogP contribution in [0.15, 0.2) is 29.3 Å². The van der Waals surface area contributed by atoms with Gasteiger partial charge in [0.25, 0.3) is 0 Å². The molecular formula is C8H8N2S. The summed E-state index contributed by atoms with van der Waals surface area (Å²) in [6.45, 7) is 0. The summed E-state index contributed by atoms with van der Waals surface area (Å²) >= 11 is 4.18. The van der Waals surface area contributed by atoms with Crippen molar-refractivity contribution in [3.05, 3.63) is 24.3 Å². The average molecular weight is 164 g/mol. The van der Waals surface area contributed by atoms with Gasteiger partial charge < -0.3 is 10.7 Å². The number of anilines is 1. The molecule has 0 aliphatic rings. The van der Waals surface area contributed by atoms with Crippen LogP contribution < -0.4 is 5.73 Å². The summed E-state index contributed by atoms with van der Waals surface area (Å²) in [7, 11) is 0. The van der Waals surface area contributed by atoms with Crippen LogP contribution in [-0.4, -0.2) is 4.98 Å². The molecule has 3 N–H and O–H groups in total. The number of nitrogens with two attached hydrogens (primary N) is 1. The van der Waals surface area contributed by atoms with Gasteiger partial charge in [-0.05, 0) is 18.2 Å². The Bertz CT molecular complexity index is 392. The van der Waals surface area contributed by atoms with Crippen LogP contribution in [0.25, 0.3) is 10.9 Å². The third-order valence-corrected chi connectivity index (χ3v) is 1.87. The molecule has 11 heavy (non-hydrogen) atoms. The molecule has 0 saturated carbocycles. The van der Waals surface area contributed by atoms with Gasteiger partial charge >= 0.3 is 0 Å². The van der Waals surface area contributed by atoms with Crippen LogP contribution in [0, 0.1) is 0 Å². The molecule has 0 saturated heterocycles. The van der Waals surface area contributed by atoms with Gasteiger partial charge in [-0.15, -0.1) is 12.6 Å². The van der Waals surface area contributed by atoms with E-state index in [2.05, 4.69) is 17.6 Å². The Morgan fingerprint density at radius 1 is 1.27 bits per heavy atom. The summed E-state index contributed by atoms with van der Waals surface area (Å²) < 4.78 is 0. The molecule has 0 amide bonds. The van der Waals surface area contributed by atoms with Gasteiger partial charge in [0.15, 0.2) is 0 Å². The van der Waals surface area contributed by atoms with Crippen LogP contribution in [-0.2, 0) is 0 Å². The van der Waals surface area contributed by atoms with Gasteiger partial charge in [-0.25, -0.2) is 0 Å². The van der Waals surface area contributed by atoms with Gasteiger partial charge in [0, 0.05) is 16.6 Å². The zero-order valence-electron chi connectivity index (χ0n) is 5.83. The predicted octanol–water partition coefficient (Wildman–Crippen LogP) is 2.04. The molecule has 1 heterocycles. The van der Waals surface area contributed by atoms with Crippen molar-refractivity contribution in [1.82, 2.24) is 4.98 Å². The third-order valence-electron chi connectivity index (χ3n) is 1.63. The SMILES string of the molecule is Nc1ccc2cc(S)[nH]c2c1. The highest BCUT2D eigenvalue weighted by molar-refractivity contribution is 7.80. The van der Waals surface area contributed by atoms with Crippen LogP contribution in [0.3, 0.4) is 0 Å². The molecule has 56 valence electrons. The number of rotatable bonds is 0. The van der Waals surface area contributed by atoms with Crippen LogP contribution in [0.2, 0.25) is 0 Å². The molecule has 2 nitrogen and oxygen atoms in total. The van der Waals surface area contributed by atoms with Crippen molar-refractivity contribution in [3.8, 4) is 0 Å². The van der Waals surface area contributed by atoms with E-state index in [0.717, 1.165) is 21.6 Å². The summed E-state index contributed by atoms with van der Waals surface area (Å²) in [4.78, 5) is 3.08. The van der Waals surface area contributed by atoms with Crippen LogP contribution in [0.5, 0.6) is 0 Å². The van der Waals surface area contributed by atoms with E-state index in [1.165, 1.54) is 0 Å². The molecule has 0 atom stereocenters. The Balaban J connectivity index is 2.82. The number of hydrogen-bond acceptors (Lipinski definition) is 2. The molecule has 1 aromatic carbocycles. The van der Waals surface area contributed by atoms with Crippen molar-refractivity contribution in [2.24, 2.45) is 0 Å². The number of benzene rings is 1. The fraction of sp³-hybridized carbons (Fsp3) is 0. The second-order valence-electron chi connectivity index (χ2n) is 2.50. The van der Waals surface area contributed by atoms with Crippen molar-refractivity contribution in [1.29, 1.82) is 0 Å². The second kappa shape index (κ2) is 2.20. The van der Waals surface area contributed by atoms with E-state index in [4.69, 9.17) is 5.73 Å². The lowest BCUT2D eigenvalue weighted by Gasteiger charge is -1.90. The lowest BCUT2D eigenvalue weighted by molar-refractivity contribution is 1.25. The molecule has 0 unspecified atom stereocenters. The van der Waals surface area contributed by atoms with Crippen LogP contribution in [0.1, 0.15) is 0 Å².